The molecule has 0 bridgehead atoms. The first-order chi connectivity index (χ1) is 15.2. The van der Waals surface area contributed by atoms with Gasteiger partial charge in [0.15, 0.2) is 5.69 Å². The minimum absolute atomic E-state index is 0.0921. The summed E-state index contributed by atoms with van der Waals surface area (Å²) in [6.45, 7) is -0.114. The molecule has 0 aliphatic heterocycles. The maximum Gasteiger partial charge on any atom is 0.416 e. The number of hydrogen-bond acceptors (Lipinski definition) is 6. The Hall–Kier alpha value is -3.60. The van der Waals surface area contributed by atoms with E-state index in [0.717, 1.165) is 12.1 Å². The summed E-state index contributed by atoms with van der Waals surface area (Å²) in [4.78, 5) is 28.8. The van der Waals surface area contributed by atoms with Gasteiger partial charge in [-0.05, 0) is 23.8 Å². The zero-order valence-corrected chi connectivity index (χ0v) is 17.5. The number of fused-ring (bicyclic) bond motifs is 1. The van der Waals surface area contributed by atoms with Crippen LogP contribution in [0.5, 0.6) is 0 Å². The van der Waals surface area contributed by atoms with Crippen molar-refractivity contribution in [1.29, 1.82) is 0 Å². The Labute approximate surface area is 181 Å². The van der Waals surface area contributed by atoms with Gasteiger partial charge < -0.3 is 24.7 Å². The minimum Gasteiger partial charge on any atom is -0.464 e. The fraction of sp³-hybridized carbons (Fsp3) is 0.286. The van der Waals surface area contributed by atoms with Gasteiger partial charge in [-0.15, -0.1) is 0 Å². The highest BCUT2D eigenvalue weighted by Gasteiger charge is 2.30. The number of ether oxygens (including phenoxy) is 2. The number of hydrogen-bond donors (Lipinski definition) is 2. The van der Waals surface area contributed by atoms with Crippen LogP contribution in [0.25, 0.3) is 11.0 Å². The Bertz CT molecular complexity index is 1160. The summed E-state index contributed by atoms with van der Waals surface area (Å²) in [6, 6.07) is 6.62. The molecule has 11 heteroatoms. The van der Waals surface area contributed by atoms with Gasteiger partial charge in [-0.1, -0.05) is 12.1 Å². The summed E-state index contributed by atoms with van der Waals surface area (Å²) >= 11 is 0. The van der Waals surface area contributed by atoms with Gasteiger partial charge in [0, 0.05) is 26.1 Å². The Morgan fingerprint density at radius 1 is 1.19 bits per heavy atom. The van der Waals surface area contributed by atoms with Gasteiger partial charge in [0.1, 0.15) is 12.3 Å². The number of aromatic nitrogens is 2. The highest BCUT2D eigenvalue weighted by Crippen LogP contribution is 2.32. The molecular formula is C21H21F3N4O4. The number of benzene rings is 1. The maximum atomic E-state index is 12.9. The Morgan fingerprint density at radius 2 is 1.94 bits per heavy atom. The molecule has 2 N–H and O–H groups in total. The van der Waals surface area contributed by atoms with Crippen LogP contribution < -0.4 is 10.6 Å². The molecule has 1 amide bonds. The summed E-state index contributed by atoms with van der Waals surface area (Å²) in [5, 5.41) is 6.10. The summed E-state index contributed by atoms with van der Waals surface area (Å²) in [5.41, 5.74) is 0.874. The summed E-state index contributed by atoms with van der Waals surface area (Å²) < 4.78 is 49.9. The Kier molecular flexibility index (Phi) is 6.68. The molecule has 0 atom stereocenters. The van der Waals surface area contributed by atoms with Crippen LogP contribution >= 0.6 is 0 Å². The van der Waals surface area contributed by atoms with E-state index >= 15 is 0 Å². The second kappa shape index (κ2) is 9.27. The third-order valence-electron chi connectivity index (χ3n) is 4.70. The number of carbonyl (C=O) groups excluding carboxylic acids is 2. The summed E-state index contributed by atoms with van der Waals surface area (Å²) in [5.74, 6) is -1.15. The number of nitrogens with zero attached hydrogens (tertiary/aromatic N) is 2. The minimum atomic E-state index is -4.43. The lowest BCUT2D eigenvalue weighted by atomic mass is 10.1. The number of aryl methyl sites for hydroxylation is 1. The molecule has 0 aliphatic rings. The van der Waals surface area contributed by atoms with Crippen LogP contribution in [0.2, 0.25) is 0 Å². The van der Waals surface area contributed by atoms with E-state index < -0.39 is 23.6 Å². The fourth-order valence-corrected chi connectivity index (χ4v) is 3.24. The van der Waals surface area contributed by atoms with Gasteiger partial charge in [0.2, 0.25) is 5.91 Å². The third-order valence-corrected chi connectivity index (χ3v) is 4.70. The van der Waals surface area contributed by atoms with E-state index in [9.17, 15) is 22.8 Å². The Balaban J connectivity index is 1.95. The molecular weight excluding hydrogens is 429 g/mol. The van der Waals surface area contributed by atoms with Gasteiger partial charge in [0.05, 0.1) is 30.2 Å². The van der Waals surface area contributed by atoms with Crippen LogP contribution in [0, 0.1) is 0 Å². The monoisotopic (exact) mass is 450 g/mol. The molecule has 0 radical (unpaired) electrons. The smallest absolute Gasteiger partial charge is 0.416 e. The first kappa shape index (κ1) is 23.1. The summed E-state index contributed by atoms with van der Waals surface area (Å²) in [7, 11) is 4.18. The van der Waals surface area contributed by atoms with Crippen molar-refractivity contribution in [3.8, 4) is 0 Å². The molecule has 170 valence electrons. The Morgan fingerprint density at radius 3 is 2.59 bits per heavy atom. The van der Waals surface area contributed by atoms with Gasteiger partial charge in [-0.2, -0.15) is 13.2 Å². The number of pyridine rings is 1. The topological polar surface area (TPSA) is 94.5 Å². The van der Waals surface area contributed by atoms with Crippen LogP contribution in [0.3, 0.4) is 0 Å². The SMILES string of the molecule is COCC(=O)Nc1c(C(=O)OC)n(C)c2ncc(NCc3cccc(C(F)(F)F)c3)cc12. The average molecular weight is 450 g/mol. The van der Waals surface area contributed by atoms with Crippen LogP contribution in [0.15, 0.2) is 36.5 Å². The molecule has 0 aliphatic carbocycles. The molecule has 2 aromatic heterocycles. The summed E-state index contributed by atoms with van der Waals surface area (Å²) in [6.07, 6.45) is -2.95. The van der Waals surface area contributed by atoms with Crippen molar-refractivity contribution in [3.63, 3.8) is 0 Å². The molecule has 8 nitrogen and oxygen atoms in total. The van der Waals surface area contributed by atoms with E-state index in [1.165, 1.54) is 31.0 Å². The molecule has 0 saturated carbocycles. The quantitative estimate of drug-likeness (QED) is 0.535. The number of esters is 1. The fourth-order valence-electron chi connectivity index (χ4n) is 3.24. The van der Waals surface area contributed by atoms with E-state index in [2.05, 4.69) is 15.6 Å². The van der Waals surface area contributed by atoms with Gasteiger partial charge >= 0.3 is 12.1 Å². The molecule has 1 aromatic carbocycles. The highest BCUT2D eigenvalue weighted by atomic mass is 19.4. The van der Waals surface area contributed by atoms with Crippen molar-refractivity contribution in [2.45, 2.75) is 12.7 Å². The molecule has 0 saturated heterocycles. The largest absolute Gasteiger partial charge is 0.464 e. The number of rotatable bonds is 7. The standard InChI is InChI=1S/C21H21F3N4O4/c1-28-18(20(30)32-3)17(27-16(29)11-31-2)15-8-14(10-26-19(15)28)25-9-12-5-4-6-13(7-12)21(22,23)24/h4-8,10,25H,9,11H2,1-3H3,(H,27,29). The van der Waals surface area contributed by atoms with Crippen molar-refractivity contribution in [2.24, 2.45) is 7.05 Å². The number of nitrogens with one attached hydrogen (secondary N) is 2. The highest BCUT2D eigenvalue weighted by molar-refractivity contribution is 6.11. The molecule has 0 unspecified atom stereocenters. The first-order valence-corrected chi connectivity index (χ1v) is 9.41. The van der Waals surface area contributed by atoms with Gasteiger partial charge in [-0.3, -0.25) is 4.79 Å². The van der Waals surface area contributed by atoms with Gasteiger partial charge in [-0.25, -0.2) is 9.78 Å². The van der Waals surface area contributed by atoms with Crippen molar-refractivity contribution >= 4 is 34.3 Å². The number of alkyl halides is 3. The lowest BCUT2D eigenvalue weighted by molar-refractivity contribution is -0.137. The number of carbonyl (C=O) groups is 2. The number of amides is 1. The zero-order chi connectivity index (χ0) is 23.5. The van der Waals surface area contributed by atoms with E-state index in [1.807, 2.05) is 0 Å². The van der Waals surface area contributed by atoms with E-state index in [-0.39, 0.29) is 24.5 Å². The van der Waals surface area contributed by atoms with E-state index in [4.69, 9.17) is 9.47 Å². The normalized spacial score (nSPS) is 11.4. The predicted molar refractivity (Wildman–Crippen MR) is 111 cm³/mol. The van der Waals surface area contributed by atoms with Crippen LogP contribution in [-0.4, -0.2) is 42.3 Å². The van der Waals surface area contributed by atoms with Crippen LogP contribution in [-0.2, 0) is 34.0 Å². The van der Waals surface area contributed by atoms with Crippen LogP contribution in [0.4, 0.5) is 24.5 Å². The predicted octanol–water partition coefficient (Wildman–Crippen LogP) is 3.58. The maximum absolute atomic E-state index is 12.9. The lowest BCUT2D eigenvalue weighted by Gasteiger charge is -2.10. The van der Waals surface area contributed by atoms with Crippen molar-refractivity contribution in [3.05, 3.63) is 53.3 Å². The molecule has 3 aromatic rings. The second-order valence-corrected chi connectivity index (χ2v) is 6.90. The first-order valence-electron chi connectivity index (χ1n) is 9.41. The molecule has 0 spiro atoms. The second-order valence-electron chi connectivity index (χ2n) is 6.90. The van der Waals surface area contributed by atoms with E-state index in [0.29, 0.717) is 22.3 Å². The molecule has 2 heterocycles. The van der Waals surface area contributed by atoms with Crippen molar-refractivity contribution in [1.82, 2.24) is 9.55 Å². The van der Waals surface area contributed by atoms with Crippen molar-refractivity contribution in [2.75, 3.05) is 31.5 Å². The number of anilines is 2. The average Bonchev–Trinajstić information content (AvgIpc) is 3.02. The third kappa shape index (κ3) is 4.83. The molecule has 3 rings (SSSR count). The molecule has 0 fully saturated rings. The van der Waals surface area contributed by atoms with Crippen LogP contribution in [0.1, 0.15) is 21.6 Å². The number of halogens is 3. The number of methoxy groups -OCH3 is 2. The zero-order valence-electron chi connectivity index (χ0n) is 17.5. The lowest BCUT2D eigenvalue weighted by Crippen LogP contribution is -2.19. The van der Waals surface area contributed by atoms with E-state index in [1.54, 1.807) is 19.2 Å². The van der Waals surface area contributed by atoms with Gasteiger partial charge in [0.25, 0.3) is 0 Å². The molecule has 32 heavy (non-hydrogen) atoms. The van der Waals surface area contributed by atoms with Crippen molar-refractivity contribution < 1.29 is 32.2 Å².